The molecular weight excluding hydrogens is 440 g/mol. The van der Waals surface area contributed by atoms with E-state index in [4.69, 9.17) is 0 Å². The molecule has 0 spiro atoms. The van der Waals surface area contributed by atoms with Crippen LogP contribution in [0.1, 0.15) is 50.4 Å². The largest absolute Gasteiger partial charge is 0.508 e. The number of aromatic hydroxyl groups is 2. The van der Waals surface area contributed by atoms with Crippen molar-refractivity contribution in [2.75, 3.05) is 0 Å². The van der Waals surface area contributed by atoms with Crippen LogP contribution in [-0.4, -0.2) is 20.6 Å². The van der Waals surface area contributed by atoms with Gasteiger partial charge in [0.05, 0.1) is 6.07 Å². The molecule has 2 aliphatic rings. The van der Waals surface area contributed by atoms with E-state index >= 15 is 0 Å². The summed E-state index contributed by atoms with van der Waals surface area (Å²) in [5, 5.41) is 30.2. The highest BCUT2D eigenvalue weighted by Gasteiger charge is 2.44. The predicted octanol–water partition coefficient (Wildman–Crippen LogP) is 5.45. The Hall–Kier alpha value is -3.59. The molecule has 6 nitrogen and oxygen atoms in total. The first-order chi connectivity index (χ1) is 16.8. The van der Waals surface area contributed by atoms with E-state index in [9.17, 15) is 25.1 Å². The number of phenolic OH excluding ortho intramolecular Hbond substituents is 1. The fourth-order valence-corrected chi connectivity index (χ4v) is 6.02. The van der Waals surface area contributed by atoms with E-state index in [0.717, 1.165) is 12.8 Å². The molecule has 6 heteroatoms. The summed E-state index contributed by atoms with van der Waals surface area (Å²) in [4.78, 5) is 27.4. The second-order valence-corrected chi connectivity index (χ2v) is 10.00. The Balaban J connectivity index is 1.87. The van der Waals surface area contributed by atoms with Crippen LogP contribution >= 0.6 is 0 Å². The average Bonchev–Trinajstić information content (AvgIpc) is 2.83. The number of carbonyl (C=O) groups excluding carboxylic acids is 1. The van der Waals surface area contributed by atoms with Gasteiger partial charge in [0.2, 0.25) is 0 Å². The molecule has 0 aliphatic heterocycles. The summed E-state index contributed by atoms with van der Waals surface area (Å²) in [6.07, 6.45) is 10.7. The van der Waals surface area contributed by atoms with Crippen molar-refractivity contribution in [3.8, 4) is 28.7 Å². The molecule has 35 heavy (non-hydrogen) atoms. The third kappa shape index (κ3) is 4.55. The minimum absolute atomic E-state index is 0.0585. The van der Waals surface area contributed by atoms with Gasteiger partial charge in [0.25, 0.3) is 5.56 Å². The fourth-order valence-electron chi connectivity index (χ4n) is 6.02. The van der Waals surface area contributed by atoms with E-state index in [2.05, 4.69) is 19.9 Å². The van der Waals surface area contributed by atoms with E-state index < -0.39 is 17.3 Å². The van der Waals surface area contributed by atoms with Crippen molar-refractivity contribution < 1.29 is 15.0 Å². The van der Waals surface area contributed by atoms with Gasteiger partial charge in [0.15, 0.2) is 5.78 Å². The summed E-state index contributed by atoms with van der Waals surface area (Å²) in [5.41, 5.74) is 1.03. The summed E-state index contributed by atoms with van der Waals surface area (Å²) in [6, 6.07) is 8.10. The Labute approximate surface area is 205 Å². The molecule has 182 valence electrons. The number of Topliss-reactive ketones (excluding diaryl/α,β-unsaturated/α-hetero) is 1. The van der Waals surface area contributed by atoms with Gasteiger partial charge >= 0.3 is 0 Å². The molecule has 2 aliphatic carbocycles. The second kappa shape index (κ2) is 9.95. The number of nitriles is 1. The number of pyridine rings is 1. The number of nitrogens with zero attached hydrogens (tertiary/aromatic N) is 2. The van der Waals surface area contributed by atoms with Crippen LogP contribution in [0.15, 0.2) is 59.1 Å². The van der Waals surface area contributed by atoms with Crippen molar-refractivity contribution in [3.05, 3.63) is 70.2 Å². The monoisotopic (exact) mass is 472 g/mol. The lowest BCUT2D eigenvalue weighted by Gasteiger charge is -2.45. The van der Waals surface area contributed by atoms with Crippen molar-refractivity contribution in [3.63, 3.8) is 0 Å². The van der Waals surface area contributed by atoms with Crippen LogP contribution < -0.4 is 5.56 Å². The minimum atomic E-state index is -0.666. The number of aromatic nitrogens is 1. The first-order valence-electron chi connectivity index (χ1n) is 12.2. The van der Waals surface area contributed by atoms with Crippen LogP contribution in [0.25, 0.3) is 11.1 Å². The standard InChI is InChI=1S/C29H32N2O4/c1-4-5-22-23-14-17(2)6-11-21(23)18(3)15-24(22)27(33)26-28(34)25(16-31(13-12-30)29(26)35)19-7-9-20(32)10-8-19/h4-5,7-10,15-17,21-24,32,34H,6,11,13-14H2,1-3H3/b5-4+/t17-,21+,22+,23-,24+/m0/s1. The van der Waals surface area contributed by atoms with Crippen molar-refractivity contribution in [2.45, 2.75) is 46.6 Å². The fraction of sp³-hybridized carbons (Fsp3) is 0.414. The molecule has 2 N–H and O–H groups in total. The lowest BCUT2D eigenvalue weighted by atomic mass is 9.59. The average molecular weight is 473 g/mol. The number of rotatable bonds is 5. The van der Waals surface area contributed by atoms with Gasteiger partial charge in [0.1, 0.15) is 23.6 Å². The van der Waals surface area contributed by atoms with Crippen molar-refractivity contribution in [2.24, 2.45) is 29.6 Å². The van der Waals surface area contributed by atoms with Crippen LogP contribution in [0.4, 0.5) is 0 Å². The van der Waals surface area contributed by atoms with Crippen LogP contribution in [0.3, 0.4) is 0 Å². The van der Waals surface area contributed by atoms with Crippen LogP contribution in [0, 0.1) is 40.9 Å². The zero-order valence-corrected chi connectivity index (χ0v) is 20.4. The van der Waals surface area contributed by atoms with E-state index in [-0.39, 0.29) is 35.1 Å². The predicted molar refractivity (Wildman–Crippen MR) is 135 cm³/mol. The Morgan fingerprint density at radius 1 is 1.23 bits per heavy atom. The maximum absolute atomic E-state index is 14.0. The number of benzene rings is 1. The number of phenols is 1. The molecule has 1 fully saturated rings. The zero-order valence-electron chi connectivity index (χ0n) is 20.4. The van der Waals surface area contributed by atoms with Crippen LogP contribution in [0.5, 0.6) is 11.5 Å². The number of ketones is 1. The van der Waals surface area contributed by atoms with Gasteiger partial charge in [-0.15, -0.1) is 0 Å². The Morgan fingerprint density at radius 2 is 1.94 bits per heavy atom. The van der Waals surface area contributed by atoms with Crippen molar-refractivity contribution in [1.29, 1.82) is 5.26 Å². The smallest absolute Gasteiger partial charge is 0.266 e. The molecule has 1 heterocycles. The molecule has 2 aromatic rings. The summed E-state index contributed by atoms with van der Waals surface area (Å²) in [7, 11) is 0. The summed E-state index contributed by atoms with van der Waals surface area (Å²) in [5.74, 6) is -0.0797. The topological polar surface area (TPSA) is 103 Å². The van der Waals surface area contributed by atoms with Crippen molar-refractivity contribution in [1.82, 2.24) is 4.57 Å². The van der Waals surface area contributed by atoms with Gasteiger partial charge in [0, 0.05) is 17.7 Å². The van der Waals surface area contributed by atoms with Gasteiger partial charge in [-0.2, -0.15) is 5.26 Å². The number of hydrogen-bond acceptors (Lipinski definition) is 5. The van der Waals surface area contributed by atoms with E-state index in [0.29, 0.717) is 23.3 Å². The first-order valence-corrected chi connectivity index (χ1v) is 12.2. The third-order valence-corrected chi connectivity index (χ3v) is 7.73. The van der Waals surface area contributed by atoms with Crippen molar-refractivity contribution >= 4 is 5.78 Å². The molecular formula is C29H32N2O4. The molecule has 1 aromatic heterocycles. The molecule has 0 bridgehead atoms. The molecule has 0 saturated heterocycles. The highest BCUT2D eigenvalue weighted by atomic mass is 16.3. The van der Waals surface area contributed by atoms with Crippen LogP contribution in [-0.2, 0) is 6.54 Å². The number of hydrogen-bond donors (Lipinski definition) is 2. The summed E-state index contributed by atoms with van der Waals surface area (Å²) < 4.78 is 1.17. The van der Waals surface area contributed by atoms with Gasteiger partial charge in [-0.3, -0.25) is 9.59 Å². The zero-order chi connectivity index (χ0) is 25.3. The Bertz CT molecular complexity index is 1280. The molecule has 4 rings (SSSR count). The highest BCUT2D eigenvalue weighted by molar-refractivity contribution is 6.03. The SMILES string of the molecule is C/C=C/[C@@H]1[C@H]2C[C@@H](C)CC[C@@H]2C(C)=C[C@H]1C(=O)c1c(O)c(-c2ccc(O)cc2)cn(CC#N)c1=O. The molecule has 0 unspecified atom stereocenters. The third-order valence-electron chi connectivity index (χ3n) is 7.73. The Morgan fingerprint density at radius 3 is 2.60 bits per heavy atom. The Kier molecular flexibility index (Phi) is 6.98. The maximum atomic E-state index is 14.0. The molecule has 1 saturated carbocycles. The number of carbonyl (C=O) groups is 1. The number of allylic oxidation sites excluding steroid dienone is 4. The lowest BCUT2D eigenvalue weighted by Crippen LogP contribution is -2.41. The molecule has 1 aromatic carbocycles. The van der Waals surface area contributed by atoms with E-state index in [1.807, 2.05) is 25.1 Å². The quantitative estimate of drug-likeness (QED) is 0.445. The second-order valence-electron chi connectivity index (χ2n) is 10.00. The molecule has 5 atom stereocenters. The van der Waals surface area contributed by atoms with Crippen LogP contribution in [0.2, 0.25) is 0 Å². The lowest BCUT2D eigenvalue weighted by molar-refractivity contribution is 0.0803. The number of fused-ring (bicyclic) bond motifs is 1. The molecule has 0 amide bonds. The normalized spacial score (nSPS) is 26.1. The highest BCUT2D eigenvalue weighted by Crippen LogP contribution is 2.49. The van der Waals surface area contributed by atoms with Gasteiger partial charge in [-0.05, 0) is 68.1 Å². The minimum Gasteiger partial charge on any atom is -0.508 e. The maximum Gasteiger partial charge on any atom is 0.266 e. The summed E-state index contributed by atoms with van der Waals surface area (Å²) >= 11 is 0. The van der Waals surface area contributed by atoms with Gasteiger partial charge in [-0.25, -0.2) is 0 Å². The van der Waals surface area contributed by atoms with Gasteiger partial charge in [-0.1, -0.05) is 49.3 Å². The van der Waals surface area contributed by atoms with E-state index in [1.165, 1.54) is 34.9 Å². The summed E-state index contributed by atoms with van der Waals surface area (Å²) in [6.45, 7) is 6.02. The first kappa shape index (κ1) is 24.5. The van der Waals surface area contributed by atoms with E-state index in [1.54, 1.807) is 12.1 Å². The molecule has 0 radical (unpaired) electrons. The van der Waals surface area contributed by atoms with Gasteiger partial charge < -0.3 is 14.8 Å².